The maximum atomic E-state index is 13.6. The maximum Gasteiger partial charge on any atom is 0.254 e. The normalized spacial score (nSPS) is 14.4. The van der Waals surface area contributed by atoms with E-state index in [9.17, 15) is 18.0 Å². The molecule has 5 nitrogen and oxygen atoms in total. The van der Waals surface area contributed by atoms with Crippen molar-refractivity contribution in [1.29, 1.82) is 0 Å². The maximum absolute atomic E-state index is 13.6. The summed E-state index contributed by atoms with van der Waals surface area (Å²) in [5, 5.41) is 2.46. The lowest BCUT2D eigenvalue weighted by Gasteiger charge is -2.26. The van der Waals surface area contributed by atoms with E-state index in [2.05, 4.69) is 20.2 Å². The molecule has 8 heteroatoms. The summed E-state index contributed by atoms with van der Waals surface area (Å²) in [6.07, 6.45) is 4.95. The van der Waals surface area contributed by atoms with Crippen LogP contribution in [0.4, 0.5) is 19.1 Å². The molecule has 1 saturated heterocycles. The Morgan fingerprint density at radius 3 is 2.60 bits per heavy atom. The van der Waals surface area contributed by atoms with Crippen LogP contribution in [0.2, 0.25) is 0 Å². The molecular formula is C17H17F3N4O. The summed E-state index contributed by atoms with van der Waals surface area (Å²) in [6.45, 7) is 1.80. The van der Waals surface area contributed by atoms with Crippen LogP contribution in [-0.2, 0) is 6.54 Å². The first-order valence-corrected chi connectivity index (χ1v) is 8.05. The Balaban J connectivity index is 1.67. The van der Waals surface area contributed by atoms with Crippen LogP contribution in [0.3, 0.4) is 0 Å². The molecule has 1 N–H and O–H groups in total. The number of aromatic nitrogens is 2. The summed E-state index contributed by atoms with van der Waals surface area (Å²) < 4.78 is 39.8. The number of carbonyl (C=O) groups is 1. The fourth-order valence-corrected chi connectivity index (χ4v) is 2.70. The zero-order valence-corrected chi connectivity index (χ0v) is 13.4. The highest BCUT2D eigenvalue weighted by Gasteiger charge is 2.19. The van der Waals surface area contributed by atoms with E-state index in [4.69, 9.17) is 0 Å². The zero-order valence-electron chi connectivity index (χ0n) is 13.4. The van der Waals surface area contributed by atoms with Crippen molar-refractivity contribution < 1.29 is 18.0 Å². The molecular weight excluding hydrogens is 333 g/mol. The quantitative estimate of drug-likeness (QED) is 0.862. The van der Waals surface area contributed by atoms with E-state index in [0.29, 0.717) is 17.7 Å². The van der Waals surface area contributed by atoms with Gasteiger partial charge in [-0.3, -0.25) is 4.79 Å². The lowest BCUT2D eigenvalue weighted by molar-refractivity contribution is 0.0945. The molecule has 0 spiro atoms. The van der Waals surface area contributed by atoms with Crippen molar-refractivity contribution in [3.8, 4) is 0 Å². The Bertz CT molecular complexity index is 778. The Morgan fingerprint density at radius 2 is 1.84 bits per heavy atom. The van der Waals surface area contributed by atoms with E-state index in [1.807, 2.05) is 0 Å². The first kappa shape index (κ1) is 17.2. The Morgan fingerprint density at radius 1 is 1.08 bits per heavy atom. The molecule has 1 aromatic heterocycles. The van der Waals surface area contributed by atoms with Gasteiger partial charge >= 0.3 is 0 Å². The summed E-state index contributed by atoms with van der Waals surface area (Å²) in [4.78, 5) is 22.7. The van der Waals surface area contributed by atoms with Gasteiger partial charge in [-0.2, -0.15) is 0 Å². The molecule has 25 heavy (non-hydrogen) atoms. The summed E-state index contributed by atoms with van der Waals surface area (Å²) in [5.74, 6) is -4.76. The third-order valence-electron chi connectivity index (χ3n) is 4.05. The lowest BCUT2D eigenvalue weighted by atomic mass is 10.1. The van der Waals surface area contributed by atoms with Crippen LogP contribution < -0.4 is 10.2 Å². The first-order valence-electron chi connectivity index (χ1n) is 8.05. The Hall–Kier alpha value is -2.64. The number of nitrogens with one attached hydrogen (secondary N) is 1. The predicted octanol–water partition coefficient (Wildman–Crippen LogP) is 2.81. The van der Waals surface area contributed by atoms with E-state index in [1.54, 1.807) is 12.3 Å². The van der Waals surface area contributed by atoms with E-state index in [-0.39, 0.29) is 6.54 Å². The minimum atomic E-state index is -1.66. The fraction of sp³-hybridized carbons (Fsp3) is 0.353. The van der Waals surface area contributed by atoms with E-state index in [0.717, 1.165) is 32.0 Å². The molecule has 1 fully saturated rings. The van der Waals surface area contributed by atoms with Gasteiger partial charge in [0.05, 0.1) is 17.8 Å². The topological polar surface area (TPSA) is 58.1 Å². The smallest absolute Gasteiger partial charge is 0.254 e. The van der Waals surface area contributed by atoms with Crippen LogP contribution in [0.1, 0.15) is 35.3 Å². The average molecular weight is 350 g/mol. The number of hydrogen-bond donors (Lipinski definition) is 1. The van der Waals surface area contributed by atoms with Gasteiger partial charge in [0, 0.05) is 19.3 Å². The molecule has 0 atom stereocenters. The summed E-state index contributed by atoms with van der Waals surface area (Å²) in [6, 6.07) is 3.25. The lowest BCUT2D eigenvalue weighted by Crippen LogP contribution is -2.31. The van der Waals surface area contributed by atoms with E-state index in [1.165, 1.54) is 6.42 Å². The Labute approximate surface area is 142 Å². The summed E-state index contributed by atoms with van der Waals surface area (Å²) in [7, 11) is 0. The van der Waals surface area contributed by atoms with Crippen LogP contribution in [0, 0.1) is 17.5 Å². The molecule has 0 radical (unpaired) electrons. The summed E-state index contributed by atoms with van der Waals surface area (Å²) in [5.41, 5.74) is -0.00359. The van der Waals surface area contributed by atoms with Crippen molar-refractivity contribution >= 4 is 11.9 Å². The minimum Gasteiger partial charge on any atom is -0.346 e. The minimum absolute atomic E-state index is 0.0284. The van der Waals surface area contributed by atoms with Gasteiger partial charge in [-0.25, -0.2) is 23.1 Å². The van der Waals surface area contributed by atoms with Gasteiger partial charge in [-0.05, 0) is 37.5 Å². The highest BCUT2D eigenvalue weighted by Crippen LogP contribution is 2.16. The molecule has 0 aliphatic carbocycles. The number of nitrogens with zero attached hydrogens (tertiary/aromatic N) is 3. The molecule has 0 saturated carbocycles. The number of carbonyl (C=O) groups excluding carboxylic acids is 1. The largest absolute Gasteiger partial charge is 0.346 e. The molecule has 132 valence electrons. The number of rotatable bonds is 4. The molecule has 2 aromatic rings. The van der Waals surface area contributed by atoms with Crippen LogP contribution >= 0.6 is 0 Å². The number of halogens is 3. The van der Waals surface area contributed by atoms with Crippen molar-refractivity contribution in [2.45, 2.75) is 25.8 Å². The third kappa shape index (κ3) is 3.89. The molecule has 0 bridgehead atoms. The van der Waals surface area contributed by atoms with Crippen molar-refractivity contribution in [3.05, 3.63) is 53.1 Å². The van der Waals surface area contributed by atoms with Crippen LogP contribution in [0.25, 0.3) is 0 Å². The van der Waals surface area contributed by atoms with Crippen LogP contribution in [0.15, 0.2) is 24.4 Å². The molecule has 1 amide bonds. The second-order valence-electron chi connectivity index (χ2n) is 5.80. The number of hydrogen-bond acceptors (Lipinski definition) is 4. The molecule has 0 unspecified atom stereocenters. The van der Waals surface area contributed by atoms with Crippen LogP contribution in [-0.4, -0.2) is 29.0 Å². The Kier molecular flexibility index (Phi) is 5.16. The van der Waals surface area contributed by atoms with E-state index >= 15 is 0 Å². The van der Waals surface area contributed by atoms with Crippen molar-refractivity contribution in [2.75, 3.05) is 18.0 Å². The highest BCUT2D eigenvalue weighted by molar-refractivity contribution is 5.94. The second-order valence-corrected chi connectivity index (χ2v) is 5.80. The van der Waals surface area contributed by atoms with Gasteiger partial charge in [0.25, 0.3) is 5.91 Å². The number of anilines is 1. The zero-order chi connectivity index (χ0) is 17.8. The molecule has 1 aliphatic heterocycles. The summed E-state index contributed by atoms with van der Waals surface area (Å²) >= 11 is 0. The molecule has 2 heterocycles. The number of piperidine rings is 1. The second kappa shape index (κ2) is 7.50. The first-order chi connectivity index (χ1) is 12.1. The molecule has 3 rings (SSSR count). The fourth-order valence-electron chi connectivity index (χ4n) is 2.70. The molecule has 1 aromatic carbocycles. The predicted molar refractivity (Wildman–Crippen MR) is 85.6 cm³/mol. The van der Waals surface area contributed by atoms with Gasteiger partial charge in [0.2, 0.25) is 5.95 Å². The standard InChI is InChI=1S/C17H17F3N4O/c18-13-5-4-12(14(19)15(13)20)16(25)22-10-11-6-7-21-17(23-11)24-8-2-1-3-9-24/h4-7H,1-3,8-10H2,(H,22,25). The average Bonchev–Trinajstić information content (AvgIpc) is 2.65. The number of benzene rings is 1. The SMILES string of the molecule is O=C(NCc1ccnc(N2CCCCC2)n1)c1ccc(F)c(F)c1F. The monoisotopic (exact) mass is 350 g/mol. The van der Waals surface area contributed by atoms with Gasteiger partial charge in [0.15, 0.2) is 17.5 Å². The van der Waals surface area contributed by atoms with Gasteiger partial charge in [0.1, 0.15) is 0 Å². The van der Waals surface area contributed by atoms with Gasteiger partial charge in [-0.1, -0.05) is 0 Å². The van der Waals surface area contributed by atoms with Crippen molar-refractivity contribution in [3.63, 3.8) is 0 Å². The van der Waals surface area contributed by atoms with Crippen molar-refractivity contribution in [2.24, 2.45) is 0 Å². The van der Waals surface area contributed by atoms with Crippen molar-refractivity contribution in [1.82, 2.24) is 15.3 Å². The number of amides is 1. The molecule has 1 aliphatic rings. The van der Waals surface area contributed by atoms with Gasteiger partial charge in [-0.15, -0.1) is 0 Å². The highest BCUT2D eigenvalue weighted by atomic mass is 19.2. The third-order valence-corrected chi connectivity index (χ3v) is 4.05. The van der Waals surface area contributed by atoms with E-state index < -0.39 is 28.9 Å². The van der Waals surface area contributed by atoms with Gasteiger partial charge < -0.3 is 10.2 Å². The van der Waals surface area contributed by atoms with Crippen LogP contribution in [0.5, 0.6) is 0 Å².